The molecule has 4 rings (SSSR count). The van der Waals surface area contributed by atoms with Gasteiger partial charge in [0.05, 0.1) is 17.4 Å². The summed E-state index contributed by atoms with van der Waals surface area (Å²) in [6.07, 6.45) is 3.78. The topological polar surface area (TPSA) is 60.9 Å². The molecule has 6 heteroatoms. The summed E-state index contributed by atoms with van der Waals surface area (Å²) in [6.45, 7) is 6.85. The SMILES string of the molecule is CCn1c(C)nc2ccc(-c3ccn4nc(C)ncc34)nc21. The van der Waals surface area contributed by atoms with Crippen molar-refractivity contribution < 1.29 is 0 Å². The van der Waals surface area contributed by atoms with Crippen molar-refractivity contribution in [2.75, 3.05) is 0 Å². The van der Waals surface area contributed by atoms with Crippen LogP contribution in [0.5, 0.6) is 0 Å². The molecule has 22 heavy (non-hydrogen) atoms. The minimum Gasteiger partial charge on any atom is -0.313 e. The maximum Gasteiger partial charge on any atom is 0.160 e. The molecular formula is C16H16N6. The number of aromatic nitrogens is 6. The van der Waals surface area contributed by atoms with Crippen LogP contribution < -0.4 is 0 Å². The van der Waals surface area contributed by atoms with Crippen molar-refractivity contribution in [1.82, 2.24) is 29.1 Å². The number of nitrogens with zero attached hydrogens (tertiary/aromatic N) is 6. The third-order valence-corrected chi connectivity index (χ3v) is 3.91. The maximum absolute atomic E-state index is 4.81. The summed E-state index contributed by atoms with van der Waals surface area (Å²) in [7, 11) is 0. The highest BCUT2D eigenvalue weighted by Gasteiger charge is 2.12. The largest absolute Gasteiger partial charge is 0.313 e. The minimum absolute atomic E-state index is 0.748. The Bertz CT molecular complexity index is 995. The molecule has 0 N–H and O–H groups in total. The minimum atomic E-state index is 0.748. The van der Waals surface area contributed by atoms with Gasteiger partial charge in [0.2, 0.25) is 0 Å². The summed E-state index contributed by atoms with van der Waals surface area (Å²) >= 11 is 0. The van der Waals surface area contributed by atoms with E-state index >= 15 is 0 Å². The average molecular weight is 292 g/mol. The number of hydrogen-bond donors (Lipinski definition) is 0. The quantitative estimate of drug-likeness (QED) is 0.570. The van der Waals surface area contributed by atoms with Crippen molar-refractivity contribution in [3.8, 4) is 11.3 Å². The number of rotatable bonds is 2. The molecule has 0 aliphatic carbocycles. The fraction of sp³-hybridized carbons (Fsp3) is 0.250. The van der Waals surface area contributed by atoms with Crippen LogP contribution in [0.4, 0.5) is 0 Å². The molecule has 0 aromatic carbocycles. The predicted octanol–water partition coefficient (Wildman–Crippen LogP) is 2.78. The van der Waals surface area contributed by atoms with Gasteiger partial charge in [0.15, 0.2) is 5.65 Å². The van der Waals surface area contributed by atoms with E-state index in [4.69, 9.17) is 4.98 Å². The Morgan fingerprint density at radius 3 is 2.77 bits per heavy atom. The Labute approximate surface area is 127 Å². The van der Waals surface area contributed by atoms with Gasteiger partial charge in [0, 0.05) is 18.3 Å². The molecule has 0 unspecified atom stereocenters. The molecule has 0 bridgehead atoms. The lowest BCUT2D eigenvalue weighted by Crippen LogP contribution is -1.99. The number of imidazole rings is 1. The third-order valence-electron chi connectivity index (χ3n) is 3.91. The average Bonchev–Trinajstić information content (AvgIpc) is 3.05. The number of pyridine rings is 1. The van der Waals surface area contributed by atoms with Crippen LogP contribution in [-0.4, -0.2) is 29.1 Å². The second-order valence-corrected chi connectivity index (χ2v) is 5.31. The molecule has 110 valence electrons. The fourth-order valence-electron chi connectivity index (χ4n) is 2.85. The molecule has 0 fully saturated rings. The smallest absolute Gasteiger partial charge is 0.160 e. The van der Waals surface area contributed by atoms with E-state index in [1.54, 1.807) is 0 Å². The first-order valence-corrected chi connectivity index (χ1v) is 7.32. The molecular weight excluding hydrogens is 276 g/mol. The Hall–Kier alpha value is -2.76. The number of hydrogen-bond acceptors (Lipinski definition) is 4. The van der Waals surface area contributed by atoms with E-state index in [-0.39, 0.29) is 0 Å². The van der Waals surface area contributed by atoms with Gasteiger partial charge in [0.1, 0.15) is 17.2 Å². The molecule has 0 saturated carbocycles. The van der Waals surface area contributed by atoms with E-state index in [1.807, 2.05) is 49.0 Å². The first kappa shape index (κ1) is 12.9. The summed E-state index contributed by atoms with van der Waals surface area (Å²) in [5.74, 6) is 1.74. The highest BCUT2D eigenvalue weighted by atomic mass is 15.2. The number of aryl methyl sites for hydroxylation is 3. The van der Waals surface area contributed by atoms with E-state index in [0.29, 0.717) is 0 Å². The maximum atomic E-state index is 4.81. The Morgan fingerprint density at radius 1 is 1.09 bits per heavy atom. The lowest BCUT2D eigenvalue weighted by atomic mass is 10.2. The van der Waals surface area contributed by atoms with Gasteiger partial charge in [-0.2, -0.15) is 5.10 Å². The van der Waals surface area contributed by atoms with Crippen molar-refractivity contribution >= 4 is 16.7 Å². The molecule has 0 radical (unpaired) electrons. The molecule has 0 atom stereocenters. The van der Waals surface area contributed by atoms with E-state index in [0.717, 1.165) is 46.1 Å². The zero-order valence-corrected chi connectivity index (χ0v) is 12.8. The molecule has 4 heterocycles. The van der Waals surface area contributed by atoms with E-state index in [9.17, 15) is 0 Å². The molecule has 4 aromatic rings. The fourth-order valence-corrected chi connectivity index (χ4v) is 2.85. The highest BCUT2D eigenvalue weighted by molar-refractivity contribution is 5.82. The zero-order valence-electron chi connectivity index (χ0n) is 12.8. The third kappa shape index (κ3) is 1.80. The van der Waals surface area contributed by atoms with Crippen LogP contribution in [0.2, 0.25) is 0 Å². The first-order valence-electron chi connectivity index (χ1n) is 7.32. The highest BCUT2D eigenvalue weighted by Crippen LogP contribution is 2.25. The van der Waals surface area contributed by atoms with Crippen LogP contribution >= 0.6 is 0 Å². The first-order chi connectivity index (χ1) is 10.7. The van der Waals surface area contributed by atoms with E-state index in [1.165, 1.54) is 0 Å². The van der Waals surface area contributed by atoms with Gasteiger partial charge in [-0.05, 0) is 39.0 Å². The van der Waals surface area contributed by atoms with Gasteiger partial charge in [-0.3, -0.25) is 0 Å². The van der Waals surface area contributed by atoms with Crippen molar-refractivity contribution in [2.24, 2.45) is 0 Å². The normalized spacial score (nSPS) is 11.6. The van der Waals surface area contributed by atoms with E-state index in [2.05, 4.69) is 26.6 Å². The Kier molecular flexibility index (Phi) is 2.72. The Morgan fingerprint density at radius 2 is 1.95 bits per heavy atom. The van der Waals surface area contributed by atoms with Gasteiger partial charge < -0.3 is 4.57 Å². The predicted molar refractivity (Wildman–Crippen MR) is 84.7 cm³/mol. The van der Waals surface area contributed by atoms with Gasteiger partial charge >= 0.3 is 0 Å². The monoisotopic (exact) mass is 292 g/mol. The van der Waals surface area contributed by atoms with Crippen molar-refractivity contribution in [1.29, 1.82) is 0 Å². The van der Waals surface area contributed by atoms with Crippen LogP contribution in [0.15, 0.2) is 30.6 Å². The molecule has 4 aromatic heterocycles. The summed E-state index contributed by atoms with van der Waals surface area (Å²) in [5.41, 5.74) is 4.75. The molecule has 0 spiro atoms. The lowest BCUT2D eigenvalue weighted by Gasteiger charge is -2.03. The van der Waals surface area contributed by atoms with Crippen LogP contribution in [0, 0.1) is 13.8 Å². The molecule has 0 aliphatic rings. The van der Waals surface area contributed by atoms with Crippen LogP contribution in [0.1, 0.15) is 18.6 Å². The van der Waals surface area contributed by atoms with Crippen molar-refractivity contribution in [3.63, 3.8) is 0 Å². The van der Waals surface area contributed by atoms with Crippen LogP contribution in [-0.2, 0) is 6.54 Å². The molecule has 0 amide bonds. The standard InChI is InChI=1S/C16H16N6/c1-4-21-11(3)18-14-6-5-13(19-16(14)21)12-7-8-22-15(12)9-17-10(2)20-22/h5-9H,4H2,1-3H3. The van der Waals surface area contributed by atoms with Gasteiger partial charge in [-0.1, -0.05) is 0 Å². The summed E-state index contributed by atoms with van der Waals surface area (Å²) in [5, 5.41) is 4.38. The molecule has 0 saturated heterocycles. The van der Waals surface area contributed by atoms with Gasteiger partial charge in [0.25, 0.3) is 0 Å². The summed E-state index contributed by atoms with van der Waals surface area (Å²) < 4.78 is 3.96. The van der Waals surface area contributed by atoms with E-state index < -0.39 is 0 Å². The second kappa shape index (κ2) is 4.62. The molecule has 0 aliphatic heterocycles. The van der Waals surface area contributed by atoms with Gasteiger partial charge in [-0.25, -0.2) is 19.5 Å². The van der Waals surface area contributed by atoms with Crippen LogP contribution in [0.25, 0.3) is 27.9 Å². The van der Waals surface area contributed by atoms with Gasteiger partial charge in [-0.15, -0.1) is 0 Å². The lowest BCUT2D eigenvalue weighted by molar-refractivity contribution is 0.746. The second-order valence-electron chi connectivity index (χ2n) is 5.31. The zero-order chi connectivity index (χ0) is 15.3. The van der Waals surface area contributed by atoms with Crippen molar-refractivity contribution in [2.45, 2.75) is 27.3 Å². The van der Waals surface area contributed by atoms with Crippen LogP contribution in [0.3, 0.4) is 0 Å². The Balaban J connectivity index is 1.96. The summed E-state index contributed by atoms with van der Waals surface area (Å²) in [4.78, 5) is 13.7. The summed E-state index contributed by atoms with van der Waals surface area (Å²) in [6, 6.07) is 6.05. The molecule has 6 nitrogen and oxygen atoms in total. The number of fused-ring (bicyclic) bond motifs is 2. The van der Waals surface area contributed by atoms with Crippen molar-refractivity contribution in [3.05, 3.63) is 42.2 Å².